The second-order valence-corrected chi connectivity index (χ2v) is 4.61. The summed E-state index contributed by atoms with van der Waals surface area (Å²) in [6.45, 7) is 1.56. The SMILES string of the molecule is CN(Cc1ccc(F)cc1)Cc1ccc(C#N)cc1. The molecule has 0 atom stereocenters. The molecule has 2 rings (SSSR count). The molecule has 0 heterocycles. The quantitative estimate of drug-likeness (QED) is 0.836. The van der Waals surface area contributed by atoms with Gasteiger partial charge in [0.1, 0.15) is 5.82 Å². The molecule has 19 heavy (non-hydrogen) atoms. The molecule has 2 nitrogen and oxygen atoms in total. The molecule has 0 aliphatic heterocycles. The highest BCUT2D eigenvalue weighted by atomic mass is 19.1. The molecule has 0 amide bonds. The van der Waals surface area contributed by atoms with E-state index in [9.17, 15) is 4.39 Å². The van der Waals surface area contributed by atoms with Crippen LogP contribution in [0.25, 0.3) is 0 Å². The van der Waals surface area contributed by atoms with Crippen LogP contribution in [0.5, 0.6) is 0 Å². The summed E-state index contributed by atoms with van der Waals surface area (Å²) < 4.78 is 12.8. The third kappa shape index (κ3) is 3.90. The summed E-state index contributed by atoms with van der Waals surface area (Å²) in [6.07, 6.45) is 0. The average Bonchev–Trinajstić information content (AvgIpc) is 2.42. The van der Waals surface area contributed by atoms with Gasteiger partial charge in [0, 0.05) is 13.1 Å². The normalized spacial score (nSPS) is 10.4. The number of halogens is 1. The molecule has 3 heteroatoms. The first kappa shape index (κ1) is 13.3. The topological polar surface area (TPSA) is 27.0 Å². The second kappa shape index (κ2) is 6.12. The van der Waals surface area contributed by atoms with E-state index in [1.807, 2.05) is 31.3 Å². The van der Waals surface area contributed by atoms with Crippen molar-refractivity contribution in [3.63, 3.8) is 0 Å². The van der Waals surface area contributed by atoms with Crippen LogP contribution in [-0.4, -0.2) is 11.9 Å². The zero-order valence-corrected chi connectivity index (χ0v) is 10.8. The minimum absolute atomic E-state index is 0.210. The van der Waals surface area contributed by atoms with E-state index in [0.29, 0.717) is 5.56 Å². The van der Waals surface area contributed by atoms with E-state index in [2.05, 4.69) is 11.0 Å². The van der Waals surface area contributed by atoms with Crippen molar-refractivity contribution in [3.05, 3.63) is 71.0 Å². The third-order valence-electron chi connectivity index (χ3n) is 2.90. The first-order chi connectivity index (χ1) is 9.17. The summed E-state index contributed by atoms with van der Waals surface area (Å²) in [5.74, 6) is -0.210. The molecule has 0 bridgehead atoms. The summed E-state index contributed by atoms with van der Waals surface area (Å²) >= 11 is 0. The van der Waals surface area contributed by atoms with Crippen molar-refractivity contribution in [1.29, 1.82) is 5.26 Å². The van der Waals surface area contributed by atoms with Crippen molar-refractivity contribution < 1.29 is 4.39 Å². The molecule has 0 aliphatic rings. The largest absolute Gasteiger partial charge is 0.298 e. The summed E-state index contributed by atoms with van der Waals surface area (Å²) in [6, 6.07) is 16.2. The lowest BCUT2D eigenvalue weighted by Gasteiger charge is -2.16. The highest BCUT2D eigenvalue weighted by molar-refractivity contribution is 5.31. The van der Waals surface area contributed by atoms with Crippen LogP contribution in [0.2, 0.25) is 0 Å². The minimum atomic E-state index is -0.210. The molecule has 0 aromatic heterocycles. The molecule has 0 N–H and O–H groups in total. The van der Waals surface area contributed by atoms with Crippen LogP contribution in [0, 0.1) is 17.1 Å². The Morgan fingerprint density at radius 2 is 1.42 bits per heavy atom. The predicted molar refractivity (Wildman–Crippen MR) is 72.7 cm³/mol. The average molecular weight is 254 g/mol. The first-order valence-corrected chi connectivity index (χ1v) is 6.09. The lowest BCUT2D eigenvalue weighted by molar-refractivity contribution is 0.319. The molecule has 0 aliphatic carbocycles. The van der Waals surface area contributed by atoms with Crippen molar-refractivity contribution in [2.24, 2.45) is 0 Å². The Labute approximate surface area is 112 Å². The number of nitriles is 1. The van der Waals surface area contributed by atoms with Crippen LogP contribution >= 0.6 is 0 Å². The lowest BCUT2D eigenvalue weighted by atomic mass is 10.1. The van der Waals surface area contributed by atoms with E-state index in [4.69, 9.17) is 5.26 Å². The molecule has 0 saturated heterocycles. The summed E-state index contributed by atoms with van der Waals surface area (Å²) in [5.41, 5.74) is 2.91. The Morgan fingerprint density at radius 1 is 0.947 bits per heavy atom. The Kier molecular flexibility index (Phi) is 4.27. The molecule has 2 aromatic rings. The molecule has 0 fully saturated rings. The maximum atomic E-state index is 12.8. The number of nitrogens with zero attached hydrogens (tertiary/aromatic N) is 2. The maximum Gasteiger partial charge on any atom is 0.123 e. The fourth-order valence-electron chi connectivity index (χ4n) is 1.95. The van der Waals surface area contributed by atoms with E-state index in [0.717, 1.165) is 24.2 Å². The molecule has 0 spiro atoms. The molecule has 0 unspecified atom stereocenters. The maximum absolute atomic E-state index is 12.8. The highest BCUT2D eigenvalue weighted by Gasteiger charge is 2.02. The van der Waals surface area contributed by atoms with Gasteiger partial charge in [-0.3, -0.25) is 4.90 Å². The Hall–Kier alpha value is -2.18. The molecule has 2 aromatic carbocycles. The van der Waals surface area contributed by atoms with Gasteiger partial charge >= 0.3 is 0 Å². The van der Waals surface area contributed by atoms with E-state index in [1.54, 1.807) is 12.1 Å². The molecule has 0 radical (unpaired) electrons. The van der Waals surface area contributed by atoms with Crippen LogP contribution < -0.4 is 0 Å². The standard InChI is InChI=1S/C16H15FN2/c1-19(12-15-6-8-16(17)9-7-15)11-14-4-2-13(10-18)3-5-14/h2-9H,11-12H2,1H3. The Morgan fingerprint density at radius 3 is 1.89 bits per heavy atom. The van der Waals surface area contributed by atoms with Gasteiger partial charge < -0.3 is 0 Å². The predicted octanol–water partition coefficient (Wildman–Crippen LogP) is 3.33. The van der Waals surface area contributed by atoms with E-state index >= 15 is 0 Å². The van der Waals surface area contributed by atoms with Gasteiger partial charge in [0.2, 0.25) is 0 Å². The number of rotatable bonds is 4. The van der Waals surface area contributed by atoms with Crippen LogP contribution in [-0.2, 0) is 13.1 Å². The van der Waals surface area contributed by atoms with Crippen LogP contribution in [0.3, 0.4) is 0 Å². The van der Waals surface area contributed by atoms with Crippen molar-refractivity contribution in [2.45, 2.75) is 13.1 Å². The van der Waals surface area contributed by atoms with Gasteiger partial charge in [-0.15, -0.1) is 0 Å². The van der Waals surface area contributed by atoms with Gasteiger partial charge in [0.05, 0.1) is 11.6 Å². The molecular weight excluding hydrogens is 239 g/mol. The monoisotopic (exact) mass is 254 g/mol. The van der Waals surface area contributed by atoms with E-state index in [-0.39, 0.29) is 5.82 Å². The van der Waals surface area contributed by atoms with Gasteiger partial charge in [-0.1, -0.05) is 24.3 Å². The van der Waals surface area contributed by atoms with Gasteiger partial charge in [0.15, 0.2) is 0 Å². The van der Waals surface area contributed by atoms with Crippen LogP contribution in [0.4, 0.5) is 4.39 Å². The summed E-state index contributed by atoms with van der Waals surface area (Å²) in [4.78, 5) is 2.15. The number of hydrogen-bond acceptors (Lipinski definition) is 2. The lowest BCUT2D eigenvalue weighted by Crippen LogP contribution is -2.17. The minimum Gasteiger partial charge on any atom is -0.298 e. The Balaban J connectivity index is 1.95. The fraction of sp³-hybridized carbons (Fsp3) is 0.188. The zero-order valence-electron chi connectivity index (χ0n) is 10.8. The molecule has 0 saturated carbocycles. The van der Waals surface area contributed by atoms with Gasteiger partial charge in [0.25, 0.3) is 0 Å². The zero-order chi connectivity index (χ0) is 13.7. The number of benzene rings is 2. The van der Waals surface area contributed by atoms with Crippen molar-refractivity contribution in [3.8, 4) is 6.07 Å². The highest BCUT2D eigenvalue weighted by Crippen LogP contribution is 2.10. The third-order valence-corrected chi connectivity index (χ3v) is 2.90. The molecule has 96 valence electrons. The fourth-order valence-corrected chi connectivity index (χ4v) is 1.95. The van der Waals surface area contributed by atoms with Crippen molar-refractivity contribution in [1.82, 2.24) is 4.90 Å². The van der Waals surface area contributed by atoms with E-state index in [1.165, 1.54) is 12.1 Å². The first-order valence-electron chi connectivity index (χ1n) is 6.09. The second-order valence-electron chi connectivity index (χ2n) is 4.61. The number of hydrogen-bond donors (Lipinski definition) is 0. The Bertz CT molecular complexity index is 567. The van der Waals surface area contributed by atoms with Crippen LogP contribution in [0.1, 0.15) is 16.7 Å². The van der Waals surface area contributed by atoms with Gasteiger partial charge in [-0.05, 0) is 42.4 Å². The molecular formula is C16H15FN2. The summed E-state index contributed by atoms with van der Waals surface area (Å²) in [5, 5.41) is 8.74. The van der Waals surface area contributed by atoms with Crippen molar-refractivity contribution in [2.75, 3.05) is 7.05 Å². The van der Waals surface area contributed by atoms with Gasteiger partial charge in [-0.25, -0.2) is 4.39 Å². The smallest absolute Gasteiger partial charge is 0.123 e. The van der Waals surface area contributed by atoms with E-state index < -0.39 is 0 Å². The summed E-state index contributed by atoms with van der Waals surface area (Å²) in [7, 11) is 2.02. The van der Waals surface area contributed by atoms with Gasteiger partial charge in [-0.2, -0.15) is 5.26 Å². The van der Waals surface area contributed by atoms with Crippen LogP contribution in [0.15, 0.2) is 48.5 Å². The van der Waals surface area contributed by atoms with Crippen molar-refractivity contribution >= 4 is 0 Å².